The van der Waals surface area contributed by atoms with Crippen molar-refractivity contribution in [1.29, 1.82) is 0 Å². The van der Waals surface area contributed by atoms with Crippen molar-refractivity contribution in [1.82, 2.24) is 5.32 Å². The summed E-state index contributed by atoms with van der Waals surface area (Å²) in [4.78, 5) is 0. The lowest BCUT2D eigenvalue weighted by Gasteiger charge is -2.47. The molecule has 0 saturated heterocycles. The third-order valence-electron chi connectivity index (χ3n) is 4.28. The van der Waals surface area contributed by atoms with Crippen LogP contribution in [0.1, 0.15) is 45.7 Å². The normalized spacial score (nSPS) is 27.2. The van der Waals surface area contributed by atoms with Crippen LogP contribution in [0.3, 0.4) is 0 Å². The van der Waals surface area contributed by atoms with Crippen LogP contribution < -0.4 is 5.32 Å². The molecule has 0 aromatic heterocycles. The number of methoxy groups -OCH3 is 1. The fourth-order valence-corrected chi connectivity index (χ4v) is 3.14. The van der Waals surface area contributed by atoms with Crippen molar-refractivity contribution in [2.24, 2.45) is 5.41 Å². The Morgan fingerprint density at radius 1 is 1.24 bits per heavy atom. The van der Waals surface area contributed by atoms with E-state index in [9.17, 15) is 0 Å². The fraction of sp³-hybridized carbons (Fsp3) is 0.667. The number of rotatable bonds is 6. The molecule has 118 valence electrons. The first-order chi connectivity index (χ1) is 9.97. The number of nitrogens with one attached hydrogen (secondary N) is 1. The molecule has 3 heteroatoms. The molecule has 2 rings (SSSR count). The fourth-order valence-electron chi connectivity index (χ4n) is 3.14. The lowest BCUT2D eigenvalue weighted by molar-refractivity contribution is -0.135. The van der Waals surface area contributed by atoms with Crippen molar-refractivity contribution in [2.45, 2.75) is 58.4 Å². The Hall–Kier alpha value is -0.900. The first kappa shape index (κ1) is 16.5. The van der Waals surface area contributed by atoms with E-state index in [2.05, 4.69) is 56.4 Å². The van der Waals surface area contributed by atoms with Crippen LogP contribution in [0.25, 0.3) is 0 Å². The maximum absolute atomic E-state index is 5.72. The predicted octanol–water partition coefficient (Wildman–Crippen LogP) is 3.56. The zero-order valence-electron chi connectivity index (χ0n) is 13.9. The molecule has 1 fully saturated rings. The van der Waals surface area contributed by atoms with Crippen LogP contribution in [0.4, 0.5) is 0 Å². The molecule has 0 spiro atoms. The van der Waals surface area contributed by atoms with Gasteiger partial charge in [0.05, 0.1) is 12.2 Å². The summed E-state index contributed by atoms with van der Waals surface area (Å²) in [5, 5.41) is 3.79. The minimum Gasteiger partial charge on any atom is -0.377 e. The van der Waals surface area contributed by atoms with E-state index in [-0.39, 0.29) is 17.6 Å². The van der Waals surface area contributed by atoms with Crippen molar-refractivity contribution in [3.8, 4) is 0 Å². The summed E-state index contributed by atoms with van der Waals surface area (Å²) in [7, 11) is 1.78. The third kappa shape index (κ3) is 3.85. The van der Waals surface area contributed by atoms with Crippen LogP contribution in [0, 0.1) is 5.41 Å². The van der Waals surface area contributed by atoms with Gasteiger partial charge in [-0.05, 0) is 24.3 Å². The molecule has 1 aromatic carbocycles. The van der Waals surface area contributed by atoms with Gasteiger partial charge in [0, 0.05) is 25.8 Å². The smallest absolute Gasteiger partial charge is 0.0987 e. The molecule has 0 aliphatic heterocycles. The molecule has 4 atom stereocenters. The standard InChI is InChI=1S/C18H29NO2/c1-6-21-15-12-14(16(15)20-5)19-17(18(2,3)4)13-10-8-7-9-11-13/h7-11,14-17,19H,6,12H2,1-5H3. The minimum absolute atomic E-state index is 0.149. The molecule has 21 heavy (non-hydrogen) atoms. The molecular weight excluding hydrogens is 262 g/mol. The molecule has 1 aliphatic carbocycles. The Bertz CT molecular complexity index is 427. The van der Waals surface area contributed by atoms with E-state index in [4.69, 9.17) is 9.47 Å². The number of benzene rings is 1. The molecule has 0 amide bonds. The maximum atomic E-state index is 5.72. The highest BCUT2D eigenvalue weighted by atomic mass is 16.5. The quantitative estimate of drug-likeness (QED) is 0.869. The van der Waals surface area contributed by atoms with Crippen molar-refractivity contribution in [3.63, 3.8) is 0 Å². The van der Waals surface area contributed by atoms with Gasteiger partial charge in [0.2, 0.25) is 0 Å². The van der Waals surface area contributed by atoms with Gasteiger partial charge in [-0.1, -0.05) is 51.1 Å². The highest BCUT2D eigenvalue weighted by Gasteiger charge is 2.44. The molecule has 0 radical (unpaired) electrons. The second-order valence-electron chi connectivity index (χ2n) is 6.91. The number of ether oxygens (including phenoxy) is 2. The van der Waals surface area contributed by atoms with Crippen LogP contribution in [0.5, 0.6) is 0 Å². The van der Waals surface area contributed by atoms with E-state index in [1.54, 1.807) is 7.11 Å². The highest BCUT2D eigenvalue weighted by molar-refractivity contribution is 5.21. The summed E-state index contributed by atoms with van der Waals surface area (Å²) < 4.78 is 11.3. The average molecular weight is 291 g/mol. The largest absolute Gasteiger partial charge is 0.377 e. The Balaban J connectivity index is 2.07. The van der Waals surface area contributed by atoms with Gasteiger partial charge in [-0.3, -0.25) is 0 Å². The van der Waals surface area contributed by atoms with Gasteiger partial charge in [-0.15, -0.1) is 0 Å². The van der Waals surface area contributed by atoms with Crippen LogP contribution in [-0.4, -0.2) is 32.0 Å². The first-order valence-corrected chi connectivity index (χ1v) is 7.92. The summed E-state index contributed by atoms with van der Waals surface area (Å²) in [6.45, 7) is 9.61. The van der Waals surface area contributed by atoms with E-state index in [1.807, 2.05) is 6.92 Å². The van der Waals surface area contributed by atoms with E-state index in [1.165, 1.54) is 5.56 Å². The molecule has 0 bridgehead atoms. The number of hydrogen-bond acceptors (Lipinski definition) is 3. The lowest BCUT2D eigenvalue weighted by Crippen LogP contribution is -2.61. The van der Waals surface area contributed by atoms with Crippen molar-refractivity contribution in [2.75, 3.05) is 13.7 Å². The third-order valence-corrected chi connectivity index (χ3v) is 4.28. The van der Waals surface area contributed by atoms with Crippen LogP contribution in [-0.2, 0) is 9.47 Å². The van der Waals surface area contributed by atoms with Gasteiger partial charge >= 0.3 is 0 Å². The second kappa shape index (κ2) is 6.91. The molecule has 3 nitrogen and oxygen atoms in total. The SMILES string of the molecule is CCOC1CC(NC(c2ccccc2)C(C)(C)C)C1OC. The Morgan fingerprint density at radius 3 is 2.43 bits per heavy atom. The number of hydrogen-bond donors (Lipinski definition) is 1. The second-order valence-corrected chi connectivity index (χ2v) is 6.91. The first-order valence-electron chi connectivity index (χ1n) is 7.92. The predicted molar refractivity (Wildman–Crippen MR) is 86.4 cm³/mol. The molecule has 1 aliphatic rings. The van der Waals surface area contributed by atoms with E-state index >= 15 is 0 Å². The van der Waals surface area contributed by atoms with Gasteiger partial charge in [-0.2, -0.15) is 0 Å². The van der Waals surface area contributed by atoms with Gasteiger partial charge in [0.25, 0.3) is 0 Å². The monoisotopic (exact) mass is 291 g/mol. The summed E-state index contributed by atoms with van der Waals surface area (Å²) >= 11 is 0. The Kier molecular flexibility index (Phi) is 5.42. The van der Waals surface area contributed by atoms with E-state index in [0.717, 1.165) is 13.0 Å². The molecule has 0 heterocycles. The Morgan fingerprint density at radius 2 is 1.90 bits per heavy atom. The van der Waals surface area contributed by atoms with Gasteiger partial charge < -0.3 is 14.8 Å². The summed E-state index contributed by atoms with van der Waals surface area (Å²) in [6, 6.07) is 11.3. The minimum atomic E-state index is 0.149. The van der Waals surface area contributed by atoms with Crippen LogP contribution >= 0.6 is 0 Å². The summed E-state index contributed by atoms with van der Waals surface area (Å²) in [5.41, 5.74) is 1.48. The molecule has 1 N–H and O–H groups in total. The van der Waals surface area contributed by atoms with E-state index < -0.39 is 0 Å². The van der Waals surface area contributed by atoms with Crippen LogP contribution in [0.2, 0.25) is 0 Å². The van der Waals surface area contributed by atoms with Gasteiger partial charge in [0.1, 0.15) is 0 Å². The molecule has 1 saturated carbocycles. The molecule has 1 aromatic rings. The summed E-state index contributed by atoms with van der Waals surface area (Å²) in [6.07, 6.45) is 1.40. The highest BCUT2D eigenvalue weighted by Crippen LogP contribution is 2.36. The van der Waals surface area contributed by atoms with Crippen molar-refractivity contribution in [3.05, 3.63) is 35.9 Å². The van der Waals surface area contributed by atoms with E-state index in [0.29, 0.717) is 12.1 Å². The average Bonchev–Trinajstić information content (AvgIpc) is 2.42. The Labute approximate surface area is 129 Å². The zero-order chi connectivity index (χ0) is 15.5. The topological polar surface area (TPSA) is 30.5 Å². The van der Waals surface area contributed by atoms with Gasteiger partial charge in [-0.25, -0.2) is 0 Å². The molecule has 4 unspecified atom stereocenters. The summed E-state index contributed by atoms with van der Waals surface area (Å²) in [5.74, 6) is 0. The maximum Gasteiger partial charge on any atom is 0.0987 e. The zero-order valence-corrected chi connectivity index (χ0v) is 13.9. The van der Waals surface area contributed by atoms with Crippen LogP contribution in [0.15, 0.2) is 30.3 Å². The van der Waals surface area contributed by atoms with Crippen molar-refractivity contribution >= 4 is 0 Å². The van der Waals surface area contributed by atoms with Gasteiger partial charge in [0.15, 0.2) is 0 Å². The lowest BCUT2D eigenvalue weighted by atomic mass is 9.78. The van der Waals surface area contributed by atoms with Crippen molar-refractivity contribution < 1.29 is 9.47 Å². The molecular formula is C18H29NO2.